The molecule has 0 spiro atoms. The molecular weight excluding hydrogens is 275 g/mol. The third kappa shape index (κ3) is 4.10. The van der Waals surface area contributed by atoms with E-state index in [0.29, 0.717) is 22.9 Å². The molecule has 2 rings (SSSR count). The number of carbonyl (C=O) groups is 1. The molecule has 0 aliphatic rings. The third-order valence-corrected chi connectivity index (χ3v) is 2.70. The van der Waals surface area contributed by atoms with Gasteiger partial charge < -0.3 is 20.5 Å². The van der Waals surface area contributed by atoms with Crippen LogP contribution < -0.4 is 20.5 Å². The molecule has 0 saturated carbocycles. The Bertz CT molecular complexity index is 629. The molecule has 2 aromatic rings. The lowest BCUT2D eigenvalue weighted by molar-refractivity contribution is -0.118. The lowest BCUT2D eigenvalue weighted by Gasteiger charge is -2.09. The molecule has 0 unspecified atom stereocenters. The van der Waals surface area contributed by atoms with Gasteiger partial charge in [0.15, 0.2) is 6.61 Å². The standard InChI is InChI=1S/C15H15FN2O3/c1-20-14-7-6-12(8-13(14)17)21-9-15(19)18-11-4-2-10(16)3-5-11/h2-8H,9,17H2,1H3,(H,18,19). The monoisotopic (exact) mass is 290 g/mol. The first-order valence-electron chi connectivity index (χ1n) is 6.20. The molecule has 0 aromatic heterocycles. The number of ether oxygens (including phenoxy) is 2. The molecule has 6 heteroatoms. The zero-order valence-electron chi connectivity index (χ0n) is 11.4. The molecule has 1 amide bonds. The Hall–Kier alpha value is -2.76. The van der Waals surface area contributed by atoms with Gasteiger partial charge in [0.05, 0.1) is 12.8 Å². The molecule has 0 heterocycles. The maximum atomic E-state index is 12.7. The zero-order valence-corrected chi connectivity index (χ0v) is 11.4. The van der Waals surface area contributed by atoms with Gasteiger partial charge in [-0.05, 0) is 36.4 Å². The maximum Gasteiger partial charge on any atom is 0.262 e. The number of rotatable bonds is 5. The maximum absolute atomic E-state index is 12.7. The van der Waals surface area contributed by atoms with Crippen molar-refractivity contribution >= 4 is 17.3 Å². The van der Waals surface area contributed by atoms with Gasteiger partial charge >= 0.3 is 0 Å². The molecule has 0 aliphatic heterocycles. The topological polar surface area (TPSA) is 73.6 Å². The quantitative estimate of drug-likeness (QED) is 0.829. The summed E-state index contributed by atoms with van der Waals surface area (Å²) in [7, 11) is 1.52. The Morgan fingerprint density at radius 3 is 2.57 bits per heavy atom. The Kier molecular flexibility index (Phi) is 4.61. The number of nitrogens with one attached hydrogen (secondary N) is 1. The Balaban J connectivity index is 1.89. The minimum Gasteiger partial charge on any atom is -0.495 e. The number of amides is 1. The Labute approximate surface area is 121 Å². The second-order valence-corrected chi connectivity index (χ2v) is 4.25. The van der Waals surface area contributed by atoms with Crippen LogP contribution in [0, 0.1) is 5.82 Å². The lowest BCUT2D eigenvalue weighted by Crippen LogP contribution is -2.20. The summed E-state index contributed by atoms with van der Waals surface area (Å²) in [6.45, 7) is -0.177. The summed E-state index contributed by atoms with van der Waals surface area (Å²) in [5.41, 5.74) is 6.66. The molecular formula is C15H15FN2O3. The van der Waals surface area contributed by atoms with Crippen molar-refractivity contribution in [3.63, 3.8) is 0 Å². The number of nitrogens with two attached hydrogens (primary N) is 1. The van der Waals surface area contributed by atoms with Crippen molar-refractivity contribution < 1.29 is 18.7 Å². The molecule has 0 fully saturated rings. The highest BCUT2D eigenvalue weighted by molar-refractivity contribution is 5.91. The van der Waals surface area contributed by atoms with E-state index < -0.39 is 0 Å². The number of halogens is 1. The van der Waals surface area contributed by atoms with E-state index in [1.54, 1.807) is 18.2 Å². The summed E-state index contributed by atoms with van der Waals surface area (Å²) in [6, 6.07) is 10.4. The van der Waals surface area contributed by atoms with Gasteiger partial charge in [-0.25, -0.2) is 4.39 Å². The van der Waals surface area contributed by atoms with Crippen LogP contribution in [0.3, 0.4) is 0 Å². The van der Waals surface area contributed by atoms with Gasteiger partial charge in [0.25, 0.3) is 5.91 Å². The average molecular weight is 290 g/mol. The molecule has 0 bridgehead atoms. The van der Waals surface area contributed by atoms with E-state index in [4.69, 9.17) is 15.2 Å². The summed E-state index contributed by atoms with van der Waals surface area (Å²) in [5, 5.41) is 2.59. The average Bonchev–Trinajstić information content (AvgIpc) is 2.48. The fourth-order valence-electron chi connectivity index (χ4n) is 1.68. The van der Waals surface area contributed by atoms with Crippen LogP contribution in [0.2, 0.25) is 0 Å². The first kappa shape index (κ1) is 14.6. The van der Waals surface area contributed by atoms with Gasteiger partial charge in [-0.15, -0.1) is 0 Å². The van der Waals surface area contributed by atoms with Crippen molar-refractivity contribution in [2.24, 2.45) is 0 Å². The fourth-order valence-corrected chi connectivity index (χ4v) is 1.68. The smallest absolute Gasteiger partial charge is 0.262 e. The second-order valence-electron chi connectivity index (χ2n) is 4.25. The predicted molar refractivity (Wildman–Crippen MR) is 77.9 cm³/mol. The Morgan fingerprint density at radius 1 is 1.24 bits per heavy atom. The van der Waals surface area contributed by atoms with Gasteiger partial charge in [0.1, 0.15) is 17.3 Å². The van der Waals surface area contributed by atoms with Gasteiger partial charge in [-0.2, -0.15) is 0 Å². The molecule has 2 aromatic carbocycles. The Morgan fingerprint density at radius 2 is 1.95 bits per heavy atom. The van der Waals surface area contributed by atoms with E-state index in [0.717, 1.165) is 0 Å². The number of methoxy groups -OCH3 is 1. The van der Waals surface area contributed by atoms with Crippen molar-refractivity contribution in [1.29, 1.82) is 0 Å². The van der Waals surface area contributed by atoms with E-state index in [1.807, 2.05) is 0 Å². The van der Waals surface area contributed by atoms with Crippen molar-refractivity contribution in [2.45, 2.75) is 0 Å². The van der Waals surface area contributed by atoms with Crippen LogP contribution in [-0.4, -0.2) is 19.6 Å². The SMILES string of the molecule is COc1ccc(OCC(=O)Nc2ccc(F)cc2)cc1N. The fraction of sp³-hybridized carbons (Fsp3) is 0.133. The molecule has 0 radical (unpaired) electrons. The van der Waals surface area contributed by atoms with Crippen LogP contribution in [-0.2, 0) is 4.79 Å². The van der Waals surface area contributed by atoms with Crippen LogP contribution >= 0.6 is 0 Å². The van der Waals surface area contributed by atoms with Crippen molar-refractivity contribution in [3.05, 3.63) is 48.3 Å². The first-order chi connectivity index (χ1) is 10.1. The van der Waals surface area contributed by atoms with Crippen LogP contribution in [0.4, 0.5) is 15.8 Å². The van der Waals surface area contributed by atoms with Crippen LogP contribution in [0.1, 0.15) is 0 Å². The van der Waals surface area contributed by atoms with Crippen LogP contribution in [0.15, 0.2) is 42.5 Å². The van der Waals surface area contributed by atoms with Gasteiger partial charge in [-0.1, -0.05) is 0 Å². The van der Waals surface area contributed by atoms with Gasteiger partial charge in [0.2, 0.25) is 0 Å². The van der Waals surface area contributed by atoms with E-state index >= 15 is 0 Å². The number of nitrogen functional groups attached to an aromatic ring is 1. The molecule has 0 atom stereocenters. The molecule has 3 N–H and O–H groups in total. The molecule has 0 aliphatic carbocycles. The highest BCUT2D eigenvalue weighted by atomic mass is 19.1. The number of benzene rings is 2. The van der Waals surface area contributed by atoms with Gasteiger partial charge in [-0.3, -0.25) is 4.79 Å². The lowest BCUT2D eigenvalue weighted by atomic mass is 10.3. The summed E-state index contributed by atoms with van der Waals surface area (Å²) < 4.78 is 23.1. The van der Waals surface area contributed by atoms with E-state index in [-0.39, 0.29) is 18.3 Å². The molecule has 110 valence electrons. The molecule has 21 heavy (non-hydrogen) atoms. The summed E-state index contributed by atoms with van der Waals surface area (Å²) in [4.78, 5) is 11.7. The minimum absolute atomic E-state index is 0.177. The van der Waals surface area contributed by atoms with Crippen molar-refractivity contribution in [1.82, 2.24) is 0 Å². The van der Waals surface area contributed by atoms with Crippen molar-refractivity contribution in [3.8, 4) is 11.5 Å². The summed E-state index contributed by atoms with van der Waals surface area (Å²) in [5.74, 6) is 0.287. The van der Waals surface area contributed by atoms with Crippen LogP contribution in [0.5, 0.6) is 11.5 Å². The molecule has 5 nitrogen and oxygen atoms in total. The predicted octanol–water partition coefficient (Wildman–Crippen LogP) is 2.43. The number of hydrogen-bond acceptors (Lipinski definition) is 4. The second kappa shape index (κ2) is 6.60. The highest BCUT2D eigenvalue weighted by Crippen LogP contribution is 2.25. The van der Waals surface area contributed by atoms with E-state index in [1.165, 1.54) is 31.4 Å². The van der Waals surface area contributed by atoms with Gasteiger partial charge in [0, 0.05) is 11.8 Å². The van der Waals surface area contributed by atoms with Crippen molar-refractivity contribution in [2.75, 3.05) is 24.8 Å². The first-order valence-corrected chi connectivity index (χ1v) is 6.20. The molecule has 0 saturated heterocycles. The minimum atomic E-state index is -0.363. The number of anilines is 2. The van der Waals surface area contributed by atoms with E-state index in [2.05, 4.69) is 5.32 Å². The largest absolute Gasteiger partial charge is 0.495 e. The summed E-state index contributed by atoms with van der Waals surface area (Å²) in [6.07, 6.45) is 0. The van der Waals surface area contributed by atoms with E-state index in [9.17, 15) is 9.18 Å². The van der Waals surface area contributed by atoms with Crippen LogP contribution in [0.25, 0.3) is 0 Å². The number of hydrogen-bond donors (Lipinski definition) is 2. The number of carbonyl (C=O) groups excluding carboxylic acids is 1. The zero-order chi connectivity index (χ0) is 15.2. The normalized spacial score (nSPS) is 10.0. The third-order valence-electron chi connectivity index (χ3n) is 2.70. The highest BCUT2D eigenvalue weighted by Gasteiger charge is 2.06. The summed E-state index contributed by atoms with van der Waals surface area (Å²) >= 11 is 0.